The number of hydrogen-bond acceptors (Lipinski definition) is 5. The fourth-order valence-electron chi connectivity index (χ4n) is 3.92. The highest BCUT2D eigenvalue weighted by atomic mass is 35.5. The van der Waals surface area contributed by atoms with Crippen LogP contribution in [0, 0.1) is 0 Å². The van der Waals surface area contributed by atoms with Crippen molar-refractivity contribution in [1.82, 2.24) is 5.32 Å². The van der Waals surface area contributed by atoms with Crippen LogP contribution in [0.5, 0.6) is 5.75 Å². The first-order valence-electron chi connectivity index (χ1n) is 12.0. The summed E-state index contributed by atoms with van der Waals surface area (Å²) in [6.45, 7) is 2.97. The number of hydrogen-bond donors (Lipinski definition) is 2. The second-order valence-corrected chi connectivity index (χ2v) is 10.1. The van der Waals surface area contributed by atoms with Crippen molar-refractivity contribution in [3.8, 4) is 5.75 Å². The molecule has 2 N–H and O–H groups in total. The van der Waals surface area contributed by atoms with Crippen molar-refractivity contribution >= 4 is 40.7 Å². The Hall–Kier alpha value is -3.30. The minimum atomic E-state index is -4.39. The van der Waals surface area contributed by atoms with Crippen molar-refractivity contribution in [2.45, 2.75) is 38.0 Å². The number of unbranched alkanes of at least 4 members (excludes halogenated alkanes) is 1. The van der Waals surface area contributed by atoms with Gasteiger partial charge in [0.1, 0.15) is 12.4 Å². The number of alkyl halides is 3. The number of benzene rings is 3. The molecular formula is C28H26ClF3N2O3S. The first-order valence-corrected chi connectivity index (χ1v) is 13.3. The Morgan fingerprint density at radius 1 is 1.11 bits per heavy atom. The van der Waals surface area contributed by atoms with Gasteiger partial charge in [-0.05, 0) is 72.0 Å². The maximum atomic E-state index is 12.9. The third-order valence-corrected chi connectivity index (χ3v) is 7.22. The predicted octanol–water partition coefficient (Wildman–Crippen LogP) is 7.86. The van der Waals surface area contributed by atoms with Gasteiger partial charge >= 0.3 is 12.1 Å². The standard InChI is InChI=1S/C28H26ClF3N2O3S/c1-2-3-14-34(22-11-6-19(7-12-22)26(35)36)27-33-24(17-38-27)23-15-21(29)10-13-25(23)37-16-18-4-8-20(9-5-18)28(30,31)32/h4-13,15,17,27,33H,2-3,14,16H2,1H3,(H,35,36). The minimum Gasteiger partial charge on any atom is -0.488 e. The van der Waals surface area contributed by atoms with E-state index in [0.717, 1.165) is 48.5 Å². The van der Waals surface area contributed by atoms with E-state index >= 15 is 0 Å². The number of carboxylic acids is 1. The quantitative estimate of drug-likeness (QED) is 0.262. The monoisotopic (exact) mass is 562 g/mol. The largest absolute Gasteiger partial charge is 0.488 e. The normalized spacial score (nSPS) is 15.1. The maximum absolute atomic E-state index is 12.9. The molecule has 1 aliphatic rings. The molecule has 3 aromatic rings. The fourth-order valence-corrected chi connectivity index (χ4v) is 5.12. The van der Waals surface area contributed by atoms with Gasteiger partial charge in [0.2, 0.25) is 0 Å². The predicted molar refractivity (Wildman–Crippen MR) is 145 cm³/mol. The molecular weight excluding hydrogens is 537 g/mol. The number of halogens is 4. The van der Waals surface area contributed by atoms with Gasteiger partial charge in [-0.25, -0.2) is 4.79 Å². The van der Waals surface area contributed by atoms with Gasteiger partial charge in [-0.1, -0.05) is 48.8 Å². The molecule has 3 aromatic carbocycles. The number of nitrogens with one attached hydrogen (secondary N) is 1. The van der Waals surface area contributed by atoms with Gasteiger partial charge < -0.3 is 20.1 Å². The summed E-state index contributed by atoms with van der Waals surface area (Å²) < 4.78 is 44.6. The Bertz CT molecular complexity index is 1300. The summed E-state index contributed by atoms with van der Waals surface area (Å²) in [5.41, 5.74) is 2.41. The molecule has 5 nitrogen and oxygen atoms in total. The van der Waals surface area contributed by atoms with E-state index < -0.39 is 17.7 Å². The topological polar surface area (TPSA) is 61.8 Å². The van der Waals surface area contributed by atoms with Gasteiger partial charge in [0.05, 0.1) is 16.8 Å². The van der Waals surface area contributed by atoms with Crippen molar-refractivity contribution < 1.29 is 27.8 Å². The van der Waals surface area contributed by atoms with Crippen molar-refractivity contribution in [3.63, 3.8) is 0 Å². The molecule has 4 rings (SSSR count). The van der Waals surface area contributed by atoms with E-state index in [-0.39, 0.29) is 17.7 Å². The van der Waals surface area contributed by atoms with Crippen molar-refractivity contribution in [3.05, 3.63) is 99.4 Å². The summed E-state index contributed by atoms with van der Waals surface area (Å²) in [5.74, 6) is -0.432. The summed E-state index contributed by atoms with van der Waals surface area (Å²) in [4.78, 5) is 13.4. The summed E-state index contributed by atoms with van der Waals surface area (Å²) in [6, 6.07) is 16.9. The lowest BCUT2D eigenvalue weighted by atomic mass is 10.1. The van der Waals surface area contributed by atoms with E-state index in [0.29, 0.717) is 16.3 Å². The van der Waals surface area contributed by atoms with E-state index in [2.05, 4.69) is 17.1 Å². The Balaban J connectivity index is 1.50. The van der Waals surface area contributed by atoms with Crippen LogP contribution in [-0.2, 0) is 12.8 Å². The van der Waals surface area contributed by atoms with Crippen molar-refractivity contribution in [2.24, 2.45) is 0 Å². The van der Waals surface area contributed by atoms with Gasteiger partial charge in [-0.3, -0.25) is 0 Å². The molecule has 200 valence electrons. The lowest BCUT2D eigenvalue weighted by molar-refractivity contribution is -0.137. The van der Waals surface area contributed by atoms with E-state index in [1.54, 1.807) is 54.2 Å². The number of anilines is 1. The molecule has 38 heavy (non-hydrogen) atoms. The van der Waals surface area contributed by atoms with Gasteiger partial charge in [-0.15, -0.1) is 0 Å². The number of carbonyl (C=O) groups is 1. The highest BCUT2D eigenvalue weighted by molar-refractivity contribution is 8.03. The Kier molecular flexibility index (Phi) is 8.79. The molecule has 0 radical (unpaired) electrons. The van der Waals surface area contributed by atoms with Crippen LogP contribution in [0.1, 0.15) is 46.8 Å². The zero-order chi connectivity index (χ0) is 27.3. The zero-order valence-corrected chi connectivity index (χ0v) is 22.0. The Morgan fingerprint density at radius 2 is 1.82 bits per heavy atom. The molecule has 0 saturated carbocycles. The molecule has 1 atom stereocenters. The lowest BCUT2D eigenvalue weighted by Gasteiger charge is -2.31. The Morgan fingerprint density at radius 3 is 2.45 bits per heavy atom. The van der Waals surface area contributed by atoms with Crippen LogP contribution in [0.2, 0.25) is 5.02 Å². The average molecular weight is 563 g/mol. The second kappa shape index (κ2) is 12.0. The number of rotatable bonds is 10. The first kappa shape index (κ1) is 27.7. The van der Waals surface area contributed by atoms with Crippen molar-refractivity contribution in [2.75, 3.05) is 11.4 Å². The van der Waals surface area contributed by atoms with E-state index in [1.807, 2.05) is 5.41 Å². The van der Waals surface area contributed by atoms with E-state index in [4.69, 9.17) is 16.3 Å². The molecule has 10 heteroatoms. The SMILES string of the molecule is CCCCN(c1ccc(C(=O)O)cc1)C1NC(c2cc(Cl)ccc2OCc2ccc(C(F)(F)F)cc2)=CS1. The molecule has 0 spiro atoms. The molecule has 0 fully saturated rings. The molecule has 1 heterocycles. The number of nitrogens with zero attached hydrogens (tertiary/aromatic N) is 1. The van der Waals surface area contributed by atoms with Crippen LogP contribution in [0.15, 0.2) is 72.1 Å². The summed E-state index contributed by atoms with van der Waals surface area (Å²) in [5, 5.41) is 15.2. The van der Waals surface area contributed by atoms with E-state index in [1.165, 1.54) is 12.1 Å². The molecule has 0 aromatic heterocycles. The summed E-state index contributed by atoms with van der Waals surface area (Å²) in [7, 11) is 0. The molecule has 0 saturated heterocycles. The first-order chi connectivity index (χ1) is 18.2. The number of ether oxygens (including phenoxy) is 1. The molecule has 0 bridgehead atoms. The highest BCUT2D eigenvalue weighted by Gasteiger charge is 2.30. The van der Waals surface area contributed by atoms with Crippen molar-refractivity contribution in [1.29, 1.82) is 0 Å². The average Bonchev–Trinajstić information content (AvgIpc) is 3.38. The summed E-state index contributed by atoms with van der Waals surface area (Å²) >= 11 is 7.87. The maximum Gasteiger partial charge on any atom is 0.416 e. The fraction of sp³-hybridized carbons (Fsp3) is 0.250. The number of aromatic carboxylic acids is 1. The van der Waals surface area contributed by atoms with Crippen LogP contribution < -0.4 is 15.0 Å². The van der Waals surface area contributed by atoms with Crippen LogP contribution in [0.25, 0.3) is 5.70 Å². The van der Waals surface area contributed by atoms with Crippen LogP contribution in [0.4, 0.5) is 18.9 Å². The van der Waals surface area contributed by atoms with Crippen LogP contribution in [0.3, 0.4) is 0 Å². The molecule has 1 aliphatic heterocycles. The van der Waals surface area contributed by atoms with E-state index in [9.17, 15) is 23.1 Å². The number of thioether (sulfide) groups is 1. The highest BCUT2D eigenvalue weighted by Crippen LogP contribution is 2.37. The van der Waals surface area contributed by atoms with Gasteiger partial charge in [-0.2, -0.15) is 13.2 Å². The molecule has 0 amide bonds. The van der Waals surface area contributed by atoms with Gasteiger partial charge in [0.15, 0.2) is 5.50 Å². The smallest absolute Gasteiger partial charge is 0.416 e. The number of carboxylic acid groups (broad SMARTS) is 1. The third kappa shape index (κ3) is 6.76. The minimum absolute atomic E-state index is 0.0924. The lowest BCUT2D eigenvalue weighted by Crippen LogP contribution is -2.41. The molecule has 0 aliphatic carbocycles. The van der Waals surface area contributed by atoms with Gasteiger partial charge in [0, 0.05) is 22.8 Å². The third-order valence-electron chi connectivity index (χ3n) is 5.98. The van der Waals surface area contributed by atoms with Gasteiger partial charge in [0.25, 0.3) is 0 Å². The second-order valence-electron chi connectivity index (χ2n) is 8.69. The van der Waals surface area contributed by atoms with Crippen LogP contribution in [-0.4, -0.2) is 23.1 Å². The zero-order valence-electron chi connectivity index (χ0n) is 20.5. The Labute approximate surface area is 228 Å². The molecule has 1 unspecified atom stereocenters. The van der Waals surface area contributed by atoms with Crippen LogP contribution >= 0.6 is 23.4 Å². The summed E-state index contributed by atoms with van der Waals surface area (Å²) in [6.07, 6.45) is -2.44.